The van der Waals surface area contributed by atoms with Crippen LogP contribution in [0.4, 0.5) is 0 Å². The molecule has 0 unspecified atom stereocenters. The van der Waals surface area contributed by atoms with E-state index in [1.54, 1.807) is 0 Å². The number of rotatable bonds is 7. The van der Waals surface area contributed by atoms with Gasteiger partial charge >= 0.3 is 92.8 Å². The Kier molecular flexibility index (Phi) is 8.40. The predicted molar refractivity (Wildman–Crippen MR) is 53.8 cm³/mol. The van der Waals surface area contributed by atoms with Crippen molar-refractivity contribution < 1.29 is 26.3 Å². The average Bonchev–Trinajstić information content (AvgIpc) is 2.09. The molecule has 0 bridgehead atoms. The van der Waals surface area contributed by atoms with Gasteiger partial charge in [-0.1, -0.05) is 0 Å². The van der Waals surface area contributed by atoms with Gasteiger partial charge in [0.15, 0.2) is 0 Å². The van der Waals surface area contributed by atoms with Crippen molar-refractivity contribution in [3.8, 4) is 0 Å². The van der Waals surface area contributed by atoms with E-state index in [2.05, 4.69) is 26.1 Å². The van der Waals surface area contributed by atoms with Gasteiger partial charge in [0.1, 0.15) is 0 Å². The van der Waals surface area contributed by atoms with Gasteiger partial charge in [0.25, 0.3) is 0 Å². The summed E-state index contributed by atoms with van der Waals surface area (Å²) >= 11 is 0.163. The third-order valence-corrected chi connectivity index (χ3v) is 5.98. The van der Waals surface area contributed by atoms with Gasteiger partial charge in [-0.15, -0.1) is 0 Å². The summed E-state index contributed by atoms with van der Waals surface area (Å²) in [5, 5.41) is 13.0. The van der Waals surface area contributed by atoms with Crippen LogP contribution in [0.25, 0.3) is 0 Å². The molecule has 0 aromatic carbocycles. The van der Waals surface area contributed by atoms with Crippen molar-refractivity contribution >= 4 is 0 Å². The third kappa shape index (κ3) is 6.69. The Morgan fingerprint density at radius 3 is 2.38 bits per heavy atom. The Hall–Kier alpha value is 0.650. The molecule has 0 spiro atoms. The van der Waals surface area contributed by atoms with Gasteiger partial charge in [-0.3, -0.25) is 0 Å². The molecule has 0 saturated heterocycles. The topological polar surface area (TPSA) is 32.3 Å². The molecule has 2 atom stereocenters. The van der Waals surface area contributed by atoms with E-state index in [1.165, 1.54) is 0 Å². The van der Waals surface area contributed by atoms with E-state index >= 15 is 0 Å². The molecular weight excluding hydrogens is 277 g/mol. The molecule has 0 rings (SSSR count). The summed E-state index contributed by atoms with van der Waals surface area (Å²) in [4.78, 5) is 0. The molecule has 0 saturated carbocycles. The van der Waals surface area contributed by atoms with Crippen LogP contribution in [0, 0.1) is 0 Å². The Balaban J connectivity index is 3.77. The van der Waals surface area contributed by atoms with Gasteiger partial charge in [-0.25, -0.2) is 0 Å². The van der Waals surface area contributed by atoms with Crippen molar-refractivity contribution in [2.75, 3.05) is 13.6 Å². The molecule has 0 radical (unpaired) electrons. The van der Waals surface area contributed by atoms with Gasteiger partial charge in [-0.05, 0) is 0 Å². The first kappa shape index (κ1) is 13.7. The fraction of sp³-hybridized carbons (Fsp3) is 1.00. The summed E-state index contributed by atoms with van der Waals surface area (Å²) in [7, 11) is 1.94. The van der Waals surface area contributed by atoms with Gasteiger partial charge < -0.3 is 0 Å². The fourth-order valence-electron chi connectivity index (χ4n) is 1.24. The monoisotopic (exact) mass is 300 g/mol. The summed E-state index contributed by atoms with van der Waals surface area (Å²) in [5.74, 6) is 0. The third-order valence-electron chi connectivity index (χ3n) is 1.91. The molecule has 82 valence electrons. The van der Waals surface area contributed by atoms with Gasteiger partial charge in [0.2, 0.25) is 0 Å². The van der Waals surface area contributed by atoms with Crippen LogP contribution in [0.3, 0.4) is 0 Å². The van der Waals surface area contributed by atoms with Crippen molar-refractivity contribution in [2.45, 2.75) is 47.6 Å². The van der Waals surface area contributed by atoms with Crippen LogP contribution in [0.5, 0.6) is 0 Å². The molecule has 2 N–H and O–H groups in total. The number of hydrogen-bond donors (Lipinski definition) is 2. The summed E-state index contributed by atoms with van der Waals surface area (Å²) in [6.07, 6.45) is 1.96. The van der Waals surface area contributed by atoms with Crippen LogP contribution < -0.4 is 26.5 Å². The second kappa shape index (κ2) is 8.00. The van der Waals surface area contributed by atoms with Crippen LogP contribution in [0.15, 0.2) is 0 Å². The van der Waals surface area contributed by atoms with E-state index in [4.69, 9.17) is 0 Å². The van der Waals surface area contributed by atoms with Crippen molar-refractivity contribution in [1.82, 2.24) is 5.32 Å². The van der Waals surface area contributed by atoms with Crippen LogP contribution in [0.2, 0.25) is 0 Å². The van der Waals surface area contributed by atoms with Crippen LogP contribution >= 0.6 is 0 Å². The molecule has 0 aliphatic heterocycles. The van der Waals surface area contributed by atoms with Crippen LogP contribution in [-0.2, 0) is 0 Å². The zero-order valence-corrected chi connectivity index (χ0v) is 11.3. The Morgan fingerprint density at radius 1 is 1.38 bits per heavy atom. The van der Waals surface area contributed by atoms with Crippen molar-refractivity contribution in [3.05, 3.63) is 0 Å². The SMILES string of the molecule is CC[C@@H]([I-]C(C)C)[C@H](O)CCNC. The molecule has 0 aromatic heterocycles. The zero-order valence-electron chi connectivity index (χ0n) is 9.18. The van der Waals surface area contributed by atoms with E-state index < -0.39 is 0 Å². The molecule has 0 aromatic rings. The first-order chi connectivity index (χ1) is 6.11. The summed E-state index contributed by atoms with van der Waals surface area (Å²) in [6.45, 7) is 7.65. The van der Waals surface area contributed by atoms with E-state index in [9.17, 15) is 5.11 Å². The van der Waals surface area contributed by atoms with Crippen LogP contribution in [-0.4, -0.2) is 32.7 Å². The molecule has 0 aliphatic carbocycles. The van der Waals surface area contributed by atoms with E-state index in [-0.39, 0.29) is 27.3 Å². The zero-order chi connectivity index (χ0) is 10.3. The van der Waals surface area contributed by atoms with Crippen molar-refractivity contribution in [2.24, 2.45) is 0 Å². The van der Waals surface area contributed by atoms with Crippen LogP contribution in [0.1, 0.15) is 33.6 Å². The number of aliphatic hydroxyl groups is 1. The first-order valence-corrected chi connectivity index (χ1v) is 7.55. The van der Waals surface area contributed by atoms with Gasteiger partial charge in [0, 0.05) is 0 Å². The average molecular weight is 300 g/mol. The van der Waals surface area contributed by atoms with Gasteiger partial charge in [-0.2, -0.15) is 0 Å². The van der Waals surface area contributed by atoms with E-state index in [1.807, 2.05) is 7.05 Å². The normalized spacial score (nSPS) is 16.5. The van der Waals surface area contributed by atoms with E-state index in [0.29, 0.717) is 3.92 Å². The van der Waals surface area contributed by atoms with Crippen molar-refractivity contribution in [1.29, 1.82) is 0 Å². The molecule has 13 heavy (non-hydrogen) atoms. The molecule has 2 nitrogen and oxygen atoms in total. The Labute approximate surface area is 92.8 Å². The number of halogens is 1. The quantitative estimate of drug-likeness (QED) is 0.431. The summed E-state index contributed by atoms with van der Waals surface area (Å²) in [5.41, 5.74) is 0. The maximum atomic E-state index is 9.88. The maximum absolute atomic E-state index is 9.88. The van der Waals surface area contributed by atoms with Crippen molar-refractivity contribution in [3.63, 3.8) is 0 Å². The predicted octanol–water partition coefficient (Wildman–Crippen LogP) is -1.77. The molecule has 0 fully saturated rings. The van der Waals surface area contributed by atoms with Gasteiger partial charge in [0.05, 0.1) is 0 Å². The molecule has 0 aliphatic rings. The Morgan fingerprint density at radius 2 is 2.00 bits per heavy atom. The number of alkyl halides is 2. The number of aliphatic hydroxyl groups excluding tert-OH is 1. The molecule has 0 amide bonds. The number of nitrogens with one attached hydrogen (secondary N) is 1. The minimum atomic E-state index is -0.0763. The second-order valence-corrected chi connectivity index (χ2v) is 8.33. The fourth-order valence-corrected chi connectivity index (χ4v) is 4.44. The first-order valence-electron chi connectivity index (χ1n) is 5.06. The molecule has 0 heterocycles. The summed E-state index contributed by atoms with van der Waals surface area (Å²) in [6, 6.07) is 0. The molecule has 3 heteroatoms. The molecular formula is C10H23INO-. The second-order valence-electron chi connectivity index (χ2n) is 3.52. The van der Waals surface area contributed by atoms with E-state index in [0.717, 1.165) is 23.3 Å². The Bertz CT molecular complexity index is 119. The standard InChI is InChI=1S/C10H23INO/c1-5-9(11-8(2)3)10(13)6-7-12-4/h8-10,12-13H,5-7H2,1-4H3/q-1/t9-,10-/m1/s1. The minimum absolute atomic E-state index is 0.0763. The summed E-state index contributed by atoms with van der Waals surface area (Å²) < 4.78 is 1.39. The number of hydrogen-bond acceptors (Lipinski definition) is 2.